The van der Waals surface area contributed by atoms with Crippen molar-refractivity contribution in [2.45, 2.75) is 57.0 Å². The quantitative estimate of drug-likeness (QED) is 0.744. The van der Waals surface area contributed by atoms with Crippen LogP contribution in [0.25, 0.3) is 0 Å². The van der Waals surface area contributed by atoms with Crippen LogP contribution in [-0.4, -0.2) is 72.2 Å². The smallest absolute Gasteiger partial charge is 0.323 e. The second-order valence-electron chi connectivity index (χ2n) is 6.58. The number of rotatable bonds is 7. The second-order valence-corrected chi connectivity index (χ2v) is 6.58. The van der Waals surface area contributed by atoms with E-state index in [0.717, 1.165) is 25.6 Å². The highest BCUT2D eigenvalue weighted by molar-refractivity contribution is 5.78. The third kappa shape index (κ3) is 3.96. The molecule has 0 aromatic carbocycles. The summed E-state index contributed by atoms with van der Waals surface area (Å²) < 4.78 is 0. The van der Waals surface area contributed by atoms with Crippen LogP contribution in [0, 0.1) is 0 Å². The molecule has 2 aliphatic heterocycles. The SMILES string of the molecule is CCC(CCCN1CCN2CCCCC2C1)(NC)C(=O)O. The van der Waals surface area contributed by atoms with Gasteiger partial charge in [-0.2, -0.15) is 0 Å². The van der Waals surface area contributed by atoms with Gasteiger partial charge in [-0.15, -0.1) is 0 Å². The summed E-state index contributed by atoms with van der Waals surface area (Å²) in [6.45, 7) is 7.76. The van der Waals surface area contributed by atoms with Crippen molar-refractivity contribution < 1.29 is 9.90 Å². The first-order valence-corrected chi connectivity index (χ1v) is 8.50. The van der Waals surface area contributed by atoms with Crippen molar-refractivity contribution in [1.29, 1.82) is 0 Å². The number of hydrogen-bond acceptors (Lipinski definition) is 4. The van der Waals surface area contributed by atoms with Gasteiger partial charge in [-0.05, 0) is 52.2 Å². The Morgan fingerprint density at radius 2 is 2.14 bits per heavy atom. The summed E-state index contributed by atoms with van der Waals surface area (Å²) in [6.07, 6.45) is 6.35. The van der Waals surface area contributed by atoms with Crippen LogP contribution < -0.4 is 5.32 Å². The molecule has 2 atom stereocenters. The maximum absolute atomic E-state index is 11.5. The maximum atomic E-state index is 11.5. The Labute approximate surface area is 128 Å². The number of carbonyl (C=O) groups is 1. The number of carboxylic acid groups (broad SMARTS) is 1. The van der Waals surface area contributed by atoms with Gasteiger partial charge in [-0.25, -0.2) is 0 Å². The fourth-order valence-corrected chi connectivity index (χ4v) is 3.87. The lowest BCUT2D eigenvalue weighted by Crippen LogP contribution is -2.55. The average molecular weight is 297 g/mol. The van der Waals surface area contributed by atoms with Crippen molar-refractivity contribution >= 4 is 5.97 Å². The zero-order valence-corrected chi connectivity index (χ0v) is 13.6. The Morgan fingerprint density at radius 1 is 1.33 bits per heavy atom. The molecule has 0 saturated carbocycles. The van der Waals surface area contributed by atoms with E-state index in [1.807, 2.05) is 6.92 Å². The molecule has 2 N–H and O–H groups in total. The fourth-order valence-electron chi connectivity index (χ4n) is 3.87. The van der Waals surface area contributed by atoms with E-state index in [4.69, 9.17) is 0 Å². The molecule has 0 aliphatic carbocycles. The number of piperazine rings is 1. The van der Waals surface area contributed by atoms with Gasteiger partial charge in [0.2, 0.25) is 0 Å². The van der Waals surface area contributed by atoms with Gasteiger partial charge in [0.1, 0.15) is 5.54 Å². The number of nitrogens with zero attached hydrogens (tertiary/aromatic N) is 2. The fraction of sp³-hybridized carbons (Fsp3) is 0.938. The minimum absolute atomic E-state index is 0.634. The predicted octanol–water partition coefficient (Wildman–Crippen LogP) is 1.39. The molecule has 0 spiro atoms. The molecule has 0 amide bonds. The average Bonchev–Trinajstić information content (AvgIpc) is 2.51. The molecule has 2 saturated heterocycles. The molecule has 21 heavy (non-hydrogen) atoms. The Bertz CT molecular complexity index is 344. The summed E-state index contributed by atoms with van der Waals surface area (Å²) in [6, 6.07) is 0.743. The molecule has 0 bridgehead atoms. The lowest BCUT2D eigenvalue weighted by atomic mass is 9.90. The van der Waals surface area contributed by atoms with Crippen LogP contribution >= 0.6 is 0 Å². The Morgan fingerprint density at radius 3 is 2.81 bits per heavy atom. The highest BCUT2D eigenvalue weighted by atomic mass is 16.4. The lowest BCUT2D eigenvalue weighted by molar-refractivity contribution is -0.145. The first kappa shape index (κ1) is 16.7. The molecule has 5 heteroatoms. The Hall–Kier alpha value is -0.650. The predicted molar refractivity (Wildman–Crippen MR) is 84.6 cm³/mol. The highest BCUT2D eigenvalue weighted by Crippen LogP contribution is 2.22. The van der Waals surface area contributed by atoms with E-state index >= 15 is 0 Å². The van der Waals surface area contributed by atoms with E-state index < -0.39 is 11.5 Å². The molecule has 5 nitrogen and oxygen atoms in total. The Kier molecular flexibility index (Phi) is 6.02. The first-order chi connectivity index (χ1) is 10.1. The minimum atomic E-state index is -0.743. The molecule has 2 fully saturated rings. The molecule has 2 rings (SSSR count). The summed E-state index contributed by atoms with van der Waals surface area (Å²) in [7, 11) is 1.76. The van der Waals surface area contributed by atoms with Gasteiger partial charge >= 0.3 is 5.97 Å². The zero-order chi connectivity index (χ0) is 15.3. The number of nitrogens with one attached hydrogen (secondary N) is 1. The summed E-state index contributed by atoms with van der Waals surface area (Å²) >= 11 is 0. The summed E-state index contributed by atoms with van der Waals surface area (Å²) in [5.41, 5.74) is -0.743. The molecular formula is C16H31N3O2. The van der Waals surface area contributed by atoms with Crippen LogP contribution in [0.4, 0.5) is 0 Å². The summed E-state index contributed by atoms with van der Waals surface area (Å²) in [5, 5.41) is 12.5. The number of hydrogen-bond donors (Lipinski definition) is 2. The monoisotopic (exact) mass is 297 g/mol. The van der Waals surface area contributed by atoms with E-state index in [0.29, 0.717) is 12.8 Å². The number of aliphatic carboxylic acids is 1. The van der Waals surface area contributed by atoms with Crippen molar-refractivity contribution in [2.24, 2.45) is 0 Å². The number of piperidine rings is 1. The Balaban J connectivity index is 1.77. The minimum Gasteiger partial charge on any atom is -0.480 e. The van der Waals surface area contributed by atoms with Gasteiger partial charge in [0, 0.05) is 25.7 Å². The standard InChI is InChI=1S/C16H31N3O2/c1-3-16(17-2,15(20)21)8-6-9-18-11-12-19-10-5-4-7-14(19)13-18/h14,17H,3-13H2,1-2H3,(H,20,21). The second kappa shape index (κ2) is 7.56. The first-order valence-electron chi connectivity index (χ1n) is 8.50. The van der Waals surface area contributed by atoms with Gasteiger partial charge in [-0.3, -0.25) is 9.69 Å². The normalized spacial score (nSPS) is 27.0. The van der Waals surface area contributed by atoms with Crippen LogP contribution in [0.5, 0.6) is 0 Å². The van der Waals surface area contributed by atoms with Crippen molar-refractivity contribution in [1.82, 2.24) is 15.1 Å². The molecule has 0 radical (unpaired) electrons. The number of carboxylic acids is 1. The van der Waals surface area contributed by atoms with Crippen molar-refractivity contribution in [3.63, 3.8) is 0 Å². The third-order valence-electron chi connectivity index (χ3n) is 5.49. The van der Waals surface area contributed by atoms with Gasteiger partial charge in [0.05, 0.1) is 0 Å². The molecule has 0 aromatic rings. The zero-order valence-electron chi connectivity index (χ0n) is 13.6. The molecule has 122 valence electrons. The lowest BCUT2D eigenvalue weighted by Gasteiger charge is -2.44. The van der Waals surface area contributed by atoms with Crippen LogP contribution in [0.2, 0.25) is 0 Å². The molecular weight excluding hydrogens is 266 g/mol. The van der Waals surface area contributed by atoms with Crippen molar-refractivity contribution in [2.75, 3.05) is 39.8 Å². The van der Waals surface area contributed by atoms with Gasteiger partial charge in [0.25, 0.3) is 0 Å². The summed E-state index contributed by atoms with van der Waals surface area (Å²) in [5.74, 6) is -0.718. The van der Waals surface area contributed by atoms with E-state index in [1.54, 1.807) is 7.05 Å². The topological polar surface area (TPSA) is 55.8 Å². The number of likely N-dealkylation sites (N-methyl/N-ethyl adjacent to an activating group) is 1. The van der Waals surface area contributed by atoms with Crippen LogP contribution in [-0.2, 0) is 4.79 Å². The van der Waals surface area contributed by atoms with Gasteiger partial charge < -0.3 is 15.3 Å². The van der Waals surface area contributed by atoms with Crippen LogP contribution in [0.3, 0.4) is 0 Å². The summed E-state index contributed by atoms with van der Waals surface area (Å²) in [4.78, 5) is 16.6. The van der Waals surface area contributed by atoms with E-state index in [9.17, 15) is 9.90 Å². The largest absolute Gasteiger partial charge is 0.480 e. The number of fused-ring (bicyclic) bond motifs is 1. The third-order valence-corrected chi connectivity index (χ3v) is 5.49. The maximum Gasteiger partial charge on any atom is 0.323 e. The van der Waals surface area contributed by atoms with E-state index in [2.05, 4.69) is 15.1 Å². The van der Waals surface area contributed by atoms with Gasteiger partial charge in [0.15, 0.2) is 0 Å². The van der Waals surface area contributed by atoms with Crippen molar-refractivity contribution in [3.05, 3.63) is 0 Å². The molecule has 2 aliphatic rings. The molecule has 2 unspecified atom stereocenters. The van der Waals surface area contributed by atoms with Crippen LogP contribution in [0.15, 0.2) is 0 Å². The van der Waals surface area contributed by atoms with Gasteiger partial charge in [-0.1, -0.05) is 13.3 Å². The van der Waals surface area contributed by atoms with Crippen molar-refractivity contribution in [3.8, 4) is 0 Å². The molecule has 2 heterocycles. The highest BCUT2D eigenvalue weighted by Gasteiger charge is 2.35. The molecule has 0 aromatic heterocycles. The van der Waals surface area contributed by atoms with Crippen LogP contribution in [0.1, 0.15) is 45.4 Å². The van der Waals surface area contributed by atoms with E-state index in [-0.39, 0.29) is 0 Å². The van der Waals surface area contributed by atoms with E-state index in [1.165, 1.54) is 38.9 Å².